The van der Waals surface area contributed by atoms with Crippen LogP contribution in [0, 0.1) is 0 Å². The first kappa shape index (κ1) is 14.3. The van der Waals surface area contributed by atoms with Crippen molar-refractivity contribution in [3.8, 4) is 5.75 Å². The molecule has 1 heterocycles. The minimum Gasteiger partial charge on any atom is -0.496 e. The van der Waals surface area contributed by atoms with E-state index in [-0.39, 0.29) is 0 Å². The van der Waals surface area contributed by atoms with Crippen molar-refractivity contribution >= 4 is 37.7 Å². The van der Waals surface area contributed by atoms with Crippen molar-refractivity contribution < 1.29 is 4.74 Å². The molecular formula is C14H14Br2N2O. The second kappa shape index (κ2) is 6.39. The molecule has 0 fully saturated rings. The first-order chi connectivity index (χ1) is 9.11. The van der Waals surface area contributed by atoms with E-state index in [1.54, 1.807) is 13.3 Å². The summed E-state index contributed by atoms with van der Waals surface area (Å²) in [5.41, 5.74) is 1.13. The fourth-order valence-corrected chi connectivity index (χ4v) is 3.14. The summed E-state index contributed by atoms with van der Waals surface area (Å²) in [6.45, 7) is 0.733. The number of nitrogens with zero attached hydrogens (tertiary/aromatic N) is 2. The van der Waals surface area contributed by atoms with Crippen molar-refractivity contribution in [2.45, 2.75) is 6.54 Å². The molecule has 0 aliphatic carbocycles. The Kier molecular flexibility index (Phi) is 4.82. The molecule has 0 atom stereocenters. The molecule has 3 nitrogen and oxygen atoms in total. The molecular weight excluding hydrogens is 372 g/mol. The topological polar surface area (TPSA) is 25.4 Å². The lowest BCUT2D eigenvalue weighted by molar-refractivity contribution is 0.409. The maximum absolute atomic E-state index is 5.37. The van der Waals surface area contributed by atoms with Crippen LogP contribution in [-0.2, 0) is 6.54 Å². The third-order valence-corrected chi connectivity index (χ3v) is 3.77. The molecule has 0 aliphatic heterocycles. The van der Waals surface area contributed by atoms with Crippen LogP contribution in [-0.4, -0.2) is 19.1 Å². The molecule has 0 saturated carbocycles. The van der Waals surface area contributed by atoms with Crippen LogP contribution in [0.1, 0.15) is 5.56 Å². The Morgan fingerprint density at radius 2 is 2.00 bits per heavy atom. The largest absolute Gasteiger partial charge is 0.496 e. The smallest absolute Gasteiger partial charge is 0.142 e. The van der Waals surface area contributed by atoms with Gasteiger partial charge in [-0.2, -0.15) is 0 Å². The molecule has 2 aromatic rings. The lowest BCUT2D eigenvalue weighted by Crippen LogP contribution is -2.18. The Hall–Kier alpha value is -1.07. The quantitative estimate of drug-likeness (QED) is 0.786. The average molecular weight is 386 g/mol. The number of rotatable bonds is 4. The van der Waals surface area contributed by atoms with Gasteiger partial charge in [-0.25, -0.2) is 4.98 Å². The summed E-state index contributed by atoms with van der Waals surface area (Å²) >= 11 is 6.94. The molecule has 0 radical (unpaired) electrons. The highest BCUT2D eigenvalue weighted by Crippen LogP contribution is 2.28. The molecule has 0 amide bonds. The van der Waals surface area contributed by atoms with E-state index < -0.39 is 0 Å². The lowest BCUT2D eigenvalue weighted by Gasteiger charge is -2.20. The van der Waals surface area contributed by atoms with Crippen LogP contribution < -0.4 is 9.64 Å². The van der Waals surface area contributed by atoms with Crippen LogP contribution in [0.15, 0.2) is 45.5 Å². The van der Waals surface area contributed by atoms with Gasteiger partial charge in [-0.05, 0) is 44.0 Å². The van der Waals surface area contributed by atoms with E-state index in [1.807, 2.05) is 31.3 Å². The zero-order chi connectivity index (χ0) is 13.8. The van der Waals surface area contributed by atoms with Gasteiger partial charge in [0, 0.05) is 29.8 Å². The summed E-state index contributed by atoms with van der Waals surface area (Å²) in [5.74, 6) is 1.79. The summed E-state index contributed by atoms with van der Waals surface area (Å²) in [7, 11) is 3.69. The number of para-hydroxylation sites is 1. The molecule has 1 aromatic heterocycles. The van der Waals surface area contributed by atoms with E-state index in [0.29, 0.717) is 0 Å². The van der Waals surface area contributed by atoms with Crippen LogP contribution in [0.3, 0.4) is 0 Å². The van der Waals surface area contributed by atoms with E-state index in [9.17, 15) is 0 Å². The predicted octanol–water partition coefficient (Wildman–Crippen LogP) is 4.25. The molecule has 0 saturated heterocycles. The Morgan fingerprint density at radius 1 is 1.26 bits per heavy atom. The molecule has 19 heavy (non-hydrogen) atoms. The van der Waals surface area contributed by atoms with Crippen LogP contribution in [0.4, 0.5) is 5.82 Å². The van der Waals surface area contributed by atoms with Crippen LogP contribution in [0.25, 0.3) is 0 Å². The van der Waals surface area contributed by atoms with Crippen molar-refractivity contribution in [3.05, 3.63) is 51.0 Å². The molecule has 1 aromatic carbocycles. The minimum absolute atomic E-state index is 0.733. The Morgan fingerprint density at radius 3 is 2.68 bits per heavy atom. The normalized spacial score (nSPS) is 10.3. The van der Waals surface area contributed by atoms with Gasteiger partial charge in [-0.1, -0.05) is 18.2 Å². The predicted molar refractivity (Wildman–Crippen MR) is 84.7 cm³/mol. The standard InChI is InChI=1S/C14H14Br2N2O/c1-18(14-12(16)7-11(15)8-17-14)9-10-5-3-4-6-13(10)19-2/h3-8H,9H2,1-2H3. The fourth-order valence-electron chi connectivity index (χ4n) is 1.85. The summed E-state index contributed by atoms with van der Waals surface area (Å²) in [6.07, 6.45) is 1.79. The van der Waals surface area contributed by atoms with Gasteiger partial charge in [-0.3, -0.25) is 0 Å². The minimum atomic E-state index is 0.733. The van der Waals surface area contributed by atoms with Gasteiger partial charge in [0.1, 0.15) is 11.6 Å². The van der Waals surface area contributed by atoms with Crippen LogP contribution >= 0.6 is 31.9 Å². The van der Waals surface area contributed by atoms with Crippen molar-refractivity contribution in [1.29, 1.82) is 0 Å². The second-order valence-corrected chi connectivity index (χ2v) is 5.90. The Labute approximate surface area is 129 Å². The second-order valence-electron chi connectivity index (χ2n) is 4.13. The van der Waals surface area contributed by atoms with Crippen LogP contribution in [0.5, 0.6) is 5.75 Å². The fraction of sp³-hybridized carbons (Fsp3) is 0.214. The van der Waals surface area contributed by atoms with Gasteiger partial charge >= 0.3 is 0 Å². The monoisotopic (exact) mass is 384 g/mol. The number of anilines is 1. The molecule has 0 unspecified atom stereocenters. The SMILES string of the molecule is COc1ccccc1CN(C)c1ncc(Br)cc1Br. The highest BCUT2D eigenvalue weighted by atomic mass is 79.9. The van der Waals surface area contributed by atoms with Gasteiger partial charge in [0.15, 0.2) is 0 Å². The summed E-state index contributed by atoms with van der Waals surface area (Å²) in [4.78, 5) is 6.50. The van der Waals surface area contributed by atoms with E-state index in [4.69, 9.17) is 4.74 Å². The maximum atomic E-state index is 5.37. The number of hydrogen-bond donors (Lipinski definition) is 0. The van der Waals surface area contributed by atoms with Gasteiger partial charge in [0.05, 0.1) is 11.6 Å². The van der Waals surface area contributed by atoms with Crippen molar-refractivity contribution in [2.24, 2.45) is 0 Å². The van der Waals surface area contributed by atoms with Gasteiger partial charge in [-0.15, -0.1) is 0 Å². The molecule has 100 valence electrons. The van der Waals surface area contributed by atoms with Crippen molar-refractivity contribution in [2.75, 3.05) is 19.1 Å². The van der Waals surface area contributed by atoms with E-state index in [1.165, 1.54) is 0 Å². The number of methoxy groups -OCH3 is 1. The Balaban J connectivity index is 2.23. The molecule has 0 aliphatic rings. The molecule has 0 N–H and O–H groups in total. The molecule has 5 heteroatoms. The number of halogens is 2. The first-order valence-corrected chi connectivity index (χ1v) is 7.34. The average Bonchev–Trinajstić information content (AvgIpc) is 2.39. The van der Waals surface area contributed by atoms with Crippen LogP contribution in [0.2, 0.25) is 0 Å². The third kappa shape index (κ3) is 3.48. The third-order valence-electron chi connectivity index (χ3n) is 2.75. The van der Waals surface area contributed by atoms with Gasteiger partial charge < -0.3 is 9.64 Å². The molecule has 0 spiro atoms. The molecule has 2 rings (SSSR count). The van der Waals surface area contributed by atoms with Gasteiger partial charge in [0.2, 0.25) is 0 Å². The van der Waals surface area contributed by atoms with Crippen molar-refractivity contribution in [1.82, 2.24) is 4.98 Å². The summed E-state index contributed by atoms with van der Waals surface area (Å²) in [5, 5.41) is 0. The zero-order valence-electron chi connectivity index (χ0n) is 10.7. The molecule has 0 bridgehead atoms. The Bertz CT molecular complexity index is 575. The summed E-state index contributed by atoms with van der Waals surface area (Å²) in [6, 6.07) is 9.99. The number of pyridine rings is 1. The van der Waals surface area contributed by atoms with Gasteiger partial charge in [0.25, 0.3) is 0 Å². The number of benzene rings is 1. The maximum Gasteiger partial charge on any atom is 0.142 e. The number of aromatic nitrogens is 1. The van der Waals surface area contributed by atoms with Crippen molar-refractivity contribution in [3.63, 3.8) is 0 Å². The zero-order valence-corrected chi connectivity index (χ0v) is 13.9. The summed E-state index contributed by atoms with van der Waals surface area (Å²) < 4.78 is 7.28. The highest BCUT2D eigenvalue weighted by molar-refractivity contribution is 9.11. The highest BCUT2D eigenvalue weighted by Gasteiger charge is 2.10. The first-order valence-electron chi connectivity index (χ1n) is 5.76. The number of ether oxygens (including phenoxy) is 1. The number of hydrogen-bond acceptors (Lipinski definition) is 3. The van der Waals surface area contributed by atoms with E-state index in [0.717, 1.165) is 32.6 Å². The van der Waals surface area contributed by atoms with E-state index >= 15 is 0 Å². The van der Waals surface area contributed by atoms with E-state index in [2.05, 4.69) is 47.8 Å². The lowest BCUT2D eigenvalue weighted by atomic mass is 10.2.